The van der Waals surface area contributed by atoms with E-state index >= 15 is 0 Å². The minimum absolute atomic E-state index is 0.487. The van der Waals surface area contributed by atoms with Crippen LogP contribution in [0.3, 0.4) is 0 Å². The normalized spacial score (nSPS) is 12.2. The first-order chi connectivity index (χ1) is 18.5. The van der Waals surface area contributed by atoms with Crippen LogP contribution in [0.15, 0.2) is 97.2 Å². The van der Waals surface area contributed by atoms with Crippen LogP contribution in [0, 0.1) is 0 Å². The zero-order valence-corrected chi connectivity index (χ0v) is 22.2. The topological polar surface area (TPSA) is 35.1 Å². The molecule has 0 spiro atoms. The number of nitrogens with zero attached hydrogens (tertiary/aromatic N) is 4. The molecule has 0 aliphatic rings. The van der Waals surface area contributed by atoms with Crippen molar-refractivity contribution in [1.29, 1.82) is 0 Å². The quantitative estimate of drug-likeness (QED) is 0.245. The Labute approximate surface area is 222 Å². The number of hydrogen-bond donors (Lipinski definition) is 0. The second-order valence-electron chi connectivity index (χ2n) is 10.9. The summed E-state index contributed by atoms with van der Waals surface area (Å²) in [5, 5.41) is 14.0. The van der Waals surface area contributed by atoms with E-state index in [2.05, 4.69) is 138 Å². The van der Waals surface area contributed by atoms with Gasteiger partial charge in [-0.25, -0.2) is 0 Å². The molecule has 0 atom stereocenters. The molecule has 0 N–H and O–H groups in total. The molecule has 0 aliphatic heterocycles. The summed E-state index contributed by atoms with van der Waals surface area (Å²) in [6.07, 6.45) is 2.06. The van der Waals surface area contributed by atoms with Gasteiger partial charge >= 0.3 is 0 Å². The van der Waals surface area contributed by atoms with Crippen LogP contribution in [0.25, 0.3) is 55.3 Å². The number of fused-ring (bicyclic) bond motifs is 6. The van der Waals surface area contributed by atoms with E-state index in [-0.39, 0.29) is 0 Å². The molecule has 3 heterocycles. The van der Waals surface area contributed by atoms with Gasteiger partial charge in [0.2, 0.25) is 0 Å². The lowest BCUT2D eigenvalue weighted by Crippen LogP contribution is -1.96. The summed E-state index contributed by atoms with van der Waals surface area (Å²) in [6.45, 7) is 9.04. The largest absolute Gasteiger partial charge is 0.309 e. The van der Waals surface area contributed by atoms with Gasteiger partial charge < -0.3 is 4.57 Å². The predicted molar refractivity (Wildman–Crippen MR) is 158 cm³/mol. The van der Waals surface area contributed by atoms with Crippen LogP contribution in [-0.4, -0.2) is 19.2 Å². The summed E-state index contributed by atoms with van der Waals surface area (Å²) >= 11 is 0. The summed E-state index contributed by atoms with van der Waals surface area (Å²) in [5.74, 6) is 1.82. The van der Waals surface area contributed by atoms with Gasteiger partial charge in [0.15, 0.2) is 11.5 Å². The van der Waals surface area contributed by atoms with E-state index in [1.807, 2.05) is 6.07 Å². The molecule has 4 aromatic carbocycles. The number of hydrogen-bond acceptors (Lipinski definition) is 2. The molecule has 38 heavy (non-hydrogen) atoms. The third-order valence-electron chi connectivity index (χ3n) is 7.83. The molecule has 7 aromatic rings. The van der Waals surface area contributed by atoms with Gasteiger partial charge in [0.05, 0.1) is 11.0 Å². The van der Waals surface area contributed by atoms with Crippen LogP contribution in [0.2, 0.25) is 0 Å². The Morgan fingerprint density at radius 2 is 1.24 bits per heavy atom. The molecule has 0 unspecified atom stereocenters. The summed E-state index contributed by atoms with van der Waals surface area (Å²) in [4.78, 5) is 0. The number of aromatic nitrogens is 4. The smallest absolute Gasteiger partial charge is 0.168 e. The van der Waals surface area contributed by atoms with E-state index in [0.717, 1.165) is 28.1 Å². The van der Waals surface area contributed by atoms with Gasteiger partial charge in [-0.2, -0.15) is 0 Å². The Bertz CT molecular complexity index is 1900. The van der Waals surface area contributed by atoms with Crippen molar-refractivity contribution in [2.75, 3.05) is 0 Å². The first-order valence-electron chi connectivity index (χ1n) is 13.4. The van der Waals surface area contributed by atoms with Crippen molar-refractivity contribution in [3.8, 4) is 17.1 Å². The summed E-state index contributed by atoms with van der Waals surface area (Å²) < 4.78 is 4.47. The first-order valence-corrected chi connectivity index (χ1v) is 13.4. The van der Waals surface area contributed by atoms with Gasteiger partial charge in [-0.3, -0.25) is 4.40 Å². The van der Waals surface area contributed by atoms with Gasteiger partial charge in [-0.15, -0.1) is 10.2 Å². The maximum atomic E-state index is 4.57. The second kappa shape index (κ2) is 8.56. The predicted octanol–water partition coefficient (Wildman–Crippen LogP) is 8.89. The summed E-state index contributed by atoms with van der Waals surface area (Å²) in [7, 11) is 0. The molecule has 0 saturated carbocycles. The SMILES string of the molecule is CC(C)c1ccc2c(c1)c1cc(C(C)C)ccc1n2-c1ccc(-c2nnc3c4ccccc4ccn23)cc1. The van der Waals surface area contributed by atoms with Crippen molar-refractivity contribution in [3.63, 3.8) is 0 Å². The van der Waals surface area contributed by atoms with Crippen molar-refractivity contribution >= 4 is 38.2 Å². The van der Waals surface area contributed by atoms with E-state index in [9.17, 15) is 0 Å². The number of benzene rings is 4. The van der Waals surface area contributed by atoms with Crippen LogP contribution < -0.4 is 0 Å². The number of pyridine rings is 1. The van der Waals surface area contributed by atoms with Crippen LogP contribution in [0.1, 0.15) is 50.7 Å². The maximum Gasteiger partial charge on any atom is 0.168 e. The molecular formula is C34H30N4. The standard InChI is InChI=1S/C34H30N4/c1-21(2)25-11-15-31-29(19-25)30-20-26(22(3)4)12-16-32(30)38(31)27-13-9-24(10-14-27)33-35-36-34-28-8-6-5-7-23(28)17-18-37(33)34/h5-22H,1-4H3. The lowest BCUT2D eigenvalue weighted by atomic mass is 9.98. The van der Waals surface area contributed by atoms with Gasteiger partial charge in [-0.1, -0.05) is 64.1 Å². The van der Waals surface area contributed by atoms with Crippen molar-refractivity contribution < 1.29 is 0 Å². The Morgan fingerprint density at radius 3 is 1.87 bits per heavy atom. The molecule has 0 aliphatic carbocycles. The summed E-state index contributed by atoms with van der Waals surface area (Å²) in [5.41, 5.74) is 8.27. The Morgan fingerprint density at radius 1 is 0.605 bits per heavy atom. The van der Waals surface area contributed by atoms with Gasteiger partial charge in [-0.05, 0) is 82.9 Å². The first kappa shape index (κ1) is 22.7. The van der Waals surface area contributed by atoms with Gasteiger partial charge in [0, 0.05) is 33.6 Å². The molecule has 0 fully saturated rings. The van der Waals surface area contributed by atoms with E-state index in [0.29, 0.717) is 11.8 Å². The van der Waals surface area contributed by atoms with Crippen LogP contribution in [0.5, 0.6) is 0 Å². The van der Waals surface area contributed by atoms with Crippen molar-refractivity contribution in [2.45, 2.75) is 39.5 Å². The molecule has 186 valence electrons. The minimum atomic E-state index is 0.487. The monoisotopic (exact) mass is 494 g/mol. The number of rotatable bonds is 4. The fourth-order valence-electron chi connectivity index (χ4n) is 5.63. The van der Waals surface area contributed by atoms with Crippen LogP contribution in [-0.2, 0) is 0 Å². The van der Waals surface area contributed by atoms with Gasteiger partial charge in [0.1, 0.15) is 0 Å². The highest BCUT2D eigenvalue weighted by molar-refractivity contribution is 6.09. The minimum Gasteiger partial charge on any atom is -0.309 e. The second-order valence-corrected chi connectivity index (χ2v) is 10.9. The highest BCUT2D eigenvalue weighted by Gasteiger charge is 2.16. The Balaban J connectivity index is 1.39. The van der Waals surface area contributed by atoms with Crippen molar-refractivity contribution in [1.82, 2.24) is 19.2 Å². The zero-order valence-electron chi connectivity index (χ0n) is 22.2. The van der Waals surface area contributed by atoms with E-state index in [1.165, 1.54) is 38.3 Å². The molecule has 4 nitrogen and oxygen atoms in total. The van der Waals surface area contributed by atoms with Crippen molar-refractivity contribution in [2.24, 2.45) is 0 Å². The Kier molecular flexibility index (Phi) is 5.12. The molecule has 0 amide bonds. The molecule has 0 saturated heterocycles. The average molecular weight is 495 g/mol. The van der Waals surface area contributed by atoms with Gasteiger partial charge in [0.25, 0.3) is 0 Å². The van der Waals surface area contributed by atoms with E-state index in [4.69, 9.17) is 0 Å². The van der Waals surface area contributed by atoms with E-state index in [1.54, 1.807) is 0 Å². The van der Waals surface area contributed by atoms with Crippen LogP contribution >= 0.6 is 0 Å². The highest BCUT2D eigenvalue weighted by Crippen LogP contribution is 2.36. The molecular weight excluding hydrogens is 464 g/mol. The molecule has 0 radical (unpaired) electrons. The van der Waals surface area contributed by atoms with E-state index < -0.39 is 0 Å². The van der Waals surface area contributed by atoms with Crippen molar-refractivity contribution in [3.05, 3.63) is 108 Å². The lowest BCUT2D eigenvalue weighted by Gasteiger charge is -2.10. The highest BCUT2D eigenvalue weighted by atomic mass is 15.2. The third kappa shape index (κ3) is 3.44. The fraction of sp³-hybridized carbons (Fsp3) is 0.176. The Hall–Kier alpha value is -4.44. The molecule has 4 heteroatoms. The molecule has 3 aromatic heterocycles. The van der Waals surface area contributed by atoms with Crippen LogP contribution in [0.4, 0.5) is 0 Å². The molecule has 7 rings (SSSR count). The molecule has 0 bridgehead atoms. The lowest BCUT2D eigenvalue weighted by molar-refractivity contribution is 0.868. The average Bonchev–Trinajstić information content (AvgIpc) is 3.52. The zero-order chi connectivity index (χ0) is 26.0. The summed E-state index contributed by atoms with van der Waals surface area (Å²) in [6, 6.07) is 33.0. The maximum absolute atomic E-state index is 4.57. The fourth-order valence-corrected chi connectivity index (χ4v) is 5.63. The third-order valence-corrected chi connectivity index (χ3v) is 7.83.